The minimum Gasteiger partial charge on any atom is -0.356 e. The average Bonchev–Trinajstić information content (AvgIpc) is 2.68. The van der Waals surface area contributed by atoms with E-state index in [1.165, 1.54) is 5.56 Å². The van der Waals surface area contributed by atoms with Gasteiger partial charge in [0.05, 0.1) is 11.6 Å². The van der Waals surface area contributed by atoms with Crippen molar-refractivity contribution in [2.24, 2.45) is 11.8 Å². The van der Waals surface area contributed by atoms with Gasteiger partial charge >= 0.3 is 0 Å². The summed E-state index contributed by atoms with van der Waals surface area (Å²) in [5.74, 6) is 1.66. The molecule has 1 unspecified atom stereocenters. The average molecular weight is 367 g/mol. The van der Waals surface area contributed by atoms with Crippen molar-refractivity contribution in [1.82, 2.24) is 15.5 Å². The van der Waals surface area contributed by atoms with Gasteiger partial charge in [-0.1, -0.05) is 37.6 Å². The van der Waals surface area contributed by atoms with E-state index < -0.39 is 0 Å². The van der Waals surface area contributed by atoms with E-state index in [9.17, 15) is 4.79 Å². The van der Waals surface area contributed by atoms with Crippen LogP contribution >= 0.6 is 0 Å². The van der Waals surface area contributed by atoms with Crippen LogP contribution in [0.1, 0.15) is 38.7 Å². The number of amides is 1. The number of carbonyl (C=O) groups excluding carboxylic acids is 1. The molecule has 5 heteroatoms. The number of piperidine rings is 1. The summed E-state index contributed by atoms with van der Waals surface area (Å²) < 4.78 is 0. The van der Waals surface area contributed by atoms with Gasteiger partial charge in [0, 0.05) is 25.2 Å². The zero-order valence-corrected chi connectivity index (χ0v) is 16.6. The molecule has 2 aromatic rings. The first-order valence-corrected chi connectivity index (χ1v) is 9.96. The van der Waals surface area contributed by atoms with E-state index in [0.717, 1.165) is 49.4 Å². The maximum Gasteiger partial charge on any atom is 0.224 e. The summed E-state index contributed by atoms with van der Waals surface area (Å²) in [5, 5.41) is 11.9. The minimum atomic E-state index is 0.0316. The van der Waals surface area contributed by atoms with Crippen molar-refractivity contribution in [2.45, 2.75) is 40.0 Å². The molecule has 5 nitrogen and oxygen atoms in total. The highest BCUT2D eigenvalue weighted by Crippen LogP contribution is 2.24. The van der Waals surface area contributed by atoms with Gasteiger partial charge in [-0.2, -0.15) is 0 Å². The molecule has 0 aliphatic carbocycles. The van der Waals surface area contributed by atoms with Gasteiger partial charge in [-0.15, -0.1) is 10.2 Å². The smallest absolute Gasteiger partial charge is 0.224 e. The summed E-state index contributed by atoms with van der Waals surface area (Å²) in [5.41, 5.74) is 3.17. The Kier molecular flexibility index (Phi) is 6.43. The molecule has 2 heterocycles. The monoisotopic (exact) mass is 366 g/mol. The second-order valence-corrected chi connectivity index (χ2v) is 7.90. The predicted molar refractivity (Wildman–Crippen MR) is 110 cm³/mol. The maximum atomic E-state index is 12.5. The van der Waals surface area contributed by atoms with Crippen molar-refractivity contribution in [1.29, 1.82) is 0 Å². The molecule has 0 spiro atoms. The number of hydrogen-bond acceptors (Lipinski definition) is 4. The zero-order chi connectivity index (χ0) is 19.2. The Balaban J connectivity index is 1.61. The fraction of sp³-hybridized carbons (Fsp3) is 0.500. The van der Waals surface area contributed by atoms with Crippen molar-refractivity contribution >= 4 is 11.7 Å². The number of nitrogens with zero attached hydrogens (tertiary/aromatic N) is 3. The molecule has 3 rings (SSSR count). The van der Waals surface area contributed by atoms with Crippen LogP contribution in [-0.4, -0.2) is 35.7 Å². The molecule has 0 saturated carbocycles. The van der Waals surface area contributed by atoms with Crippen LogP contribution in [0.5, 0.6) is 0 Å². The molecule has 1 fully saturated rings. The molecule has 1 aromatic heterocycles. The Morgan fingerprint density at radius 3 is 2.81 bits per heavy atom. The quantitative estimate of drug-likeness (QED) is 0.844. The highest BCUT2D eigenvalue weighted by molar-refractivity contribution is 5.79. The van der Waals surface area contributed by atoms with E-state index in [4.69, 9.17) is 0 Å². The van der Waals surface area contributed by atoms with E-state index >= 15 is 0 Å². The van der Waals surface area contributed by atoms with Crippen molar-refractivity contribution < 1.29 is 4.79 Å². The molecule has 1 atom stereocenters. The van der Waals surface area contributed by atoms with Crippen LogP contribution in [0.2, 0.25) is 0 Å². The van der Waals surface area contributed by atoms with Crippen LogP contribution in [0.15, 0.2) is 36.4 Å². The van der Waals surface area contributed by atoms with Gasteiger partial charge in [-0.3, -0.25) is 4.79 Å². The van der Waals surface area contributed by atoms with Gasteiger partial charge in [-0.25, -0.2) is 0 Å². The maximum absolute atomic E-state index is 12.5. The molecule has 1 aliphatic heterocycles. The van der Waals surface area contributed by atoms with E-state index in [0.29, 0.717) is 12.5 Å². The largest absolute Gasteiger partial charge is 0.356 e. The molecule has 144 valence electrons. The summed E-state index contributed by atoms with van der Waals surface area (Å²) in [6.07, 6.45) is 2.97. The minimum absolute atomic E-state index is 0.0316. The van der Waals surface area contributed by atoms with Gasteiger partial charge < -0.3 is 10.2 Å². The lowest BCUT2D eigenvalue weighted by atomic mass is 9.97. The number of carbonyl (C=O) groups is 1. The molecule has 1 saturated heterocycles. The van der Waals surface area contributed by atoms with Crippen LogP contribution < -0.4 is 10.2 Å². The van der Waals surface area contributed by atoms with Gasteiger partial charge in [0.25, 0.3) is 0 Å². The first-order chi connectivity index (χ1) is 13.0. The molecule has 0 bridgehead atoms. The molecule has 27 heavy (non-hydrogen) atoms. The normalized spacial score (nSPS) is 17.2. The van der Waals surface area contributed by atoms with Crippen LogP contribution in [0, 0.1) is 18.8 Å². The Bertz CT molecular complexity index is 757. The van der Waals surface area contributed by atoms with Gasteiger partial charge in [-0.05, 0) is 50.3 Å². The number of hydrogen-bond donors (Lipinski definition) is 1. The number of anilines is 1. The van der Waals surface area contributed by atoms with Crippen molar-refractivity contribution in [3.05, 3.63) is 42.0 Å². The second-order valence-electron chi connectivity index (χ2n) is 7.90. The third kappa shape index (κ3) is 5.28. The van der Waals surface area contributed by atoms with Crippen LogP contribution in [0.3, 0.4) is 0 Å². The molecular weight excluding hydrogens is 336 g/mol. The molecule has 1 aromatic carbocycles. The van der Waals surface area contributed by atoms with E-state index in [-0.39, 0.29) is 11.8 Å². The predicted octanol–water partition coefficient (Wildman–Crippen LogP) is 3.83. The first-order valence-electron chi connectivity index (χ1n) is 9.96. The van der Waals surface area contributed by atoms with E-state index in [2.05, 4.69) is 59.4 Å². The Morgan fingerprint density at radius 1 is 1.26 bits per heavy atom. The first kappa shape index (κ1) is 19.3. The summed E-state index contributed by atoms with van der Waals surface area (Å²) in [6, 6.07) is 12.3. The number of benzene rings is 1. The SMILES string of the molecule is Cc1cccc(-c2ccc(N3CCCC(C(=O)NCCC(C)C)C3)nn2)c1. The van der Waals surface area contributed by atoms with Gasteiger partial charge in [0.15, 0.2) is 5.82 Å². The Hall–Kier alpha value is -2.43. The molecule has 1 aliphatic rings. The topological polar surface area (TPSA) is 58.1 Å². The van der Waals surface area contributed by atoms with Crippen LogP contribution in [0.4, 0.5) is 5.82 Å². The summed E-state index contributed by atoms with van der Waals surface area (Å²) in [6.45, 7) is 8.82. The van der Waals surface area contributed by atoms with Gasteiger partial charge in [0.1, 0.15) is 0 Å². The second kappa shape index (κ2) is 8.98. The highest BCUT2D eigenvalue weighted by Gasteiger charge is 2.26. The fourth-order valence-corrected chi connectivity index (χ4v) is 3.48. The number of aryl methyl sites for hydroxylation is 1. The molecule has 1 N–H and O–H groups in total. The highest BCUT2D eigenvalue weighted by atomic mass is 16.1. The molecule has 0 radical (unpaired) electrons. The van der Waals surface area contributed by atoms with Crippen molar-refractivity contribution in [2.75, 3.05) is 24.5 Å². The van der Waals surface area contributed by atoms with Crippen LogP contribution in [-0.2, 0) is 4.79 Å². The Labute approximate surface area is 162 Å². The molecule has 1 amide bonds. The summed E-state index contributed by atoms with van der Waals surface area (Å²) >= 11 is 0. The van der Waals surface area contributed by atoms with E-state index in [1.807, 2.05) is 18.2 Å². The Morgan fingerprint density at radius 2 is 2.11 bits per heavy atom. The third-order valence-electron chi connectivity index (χ3n) is 5.10. The van der Waals surface area contributed by atoms with Crippen molar-refractivity contribution in [3.8, 4) is 11.3 Å². The summed E-state index contributed by atoms with van der Waals surface area (Å²) in [7, 11) is 0. The third-order valence-corrected chi connectivity index (χ3v) is 5.10. The lowest BCUT2D eigenvalue weighted by Crippen LogP contribution is -2.43. The molecular formula is C22H30N4O. The van der Waals surface area contributed by atoms with E-state index in [1.54, 1.807) is 0 Å². The lowest BCUT2D eigenvalue weighted by Gasteiger charge is -2.32. The number of rotatable bonds is 6. The zero-order valence-electron chi connectivity index (χ0n) is 16.6. The number of nitrogens with one attached hydrogen (secondary N) is 1. The lowest BCUT2D eigenvalue weighted by molar-refractivity contribution is -0.125. The van der Waals surface area contributed by atoms with Crippen LogP contribution in [0.25, 0.3) is 11.3 Å². The summed E-state index contributed by atoms with van der Waals surface area (Å²) in [4.78, 5) is 14.6. The van der Waals surface area contributed by atoms with Crippen molar-refractivity contribution in [3.63, 3.8) is 0 Å². The van der Waals surface area contributed by atoms with Gasteiger partial charge in [0.2, 0.25) is 5.91 Å². The standard InChI is InChI=1S/C22H30N4O/c1-16(2)11-12-23-22(27)19-8-5-13-26(15-19)21-10-9-20(24-25-21)18-7-4-6-17(3)14-18/h4,6-7,9-10,14,16,19H,5,8,11-13,15H2,1-3H3,(H,23,27). The fourth-order valence-electron chi connectivity index (χ4n) is 3.48. The number of aromatic nitrogens is 2.